The van der Waals surface area contributed by atoms with Crippen molar-refractivity contribution in [2.45, 2.75) is 31.8 Å². The molecule has 1 aliphatic rings. The number of rotatable bonds is 4. The lowest BCUT2D eigenvalue weighted by Gasteiger charge is -2.22. The number of fused-ring (bicyclic) bond motifs is 1. The van der Waals surface area contributed by atoms with E-state index < -0.39 is 0 Å². The van der Waals surface area contributed by atoms with E-state index in [9.17, 15) is 4.39 Å². The zero-order valence-corrected chi connectivity index (χ0v) is 13.1. The molecule has 0 amide bonds. The summed E-state index contributed by atoms with van der Waals surface area (Å²) in [5.74, 6) is 0.815. The second-order valence-corrected chi connectivity index (χ2v) is 6.60. The minimum absolute atomic E-state index is 0.224. The van der Waals surface area contributed by atoms with Crippen molar-refractivity contribution in [3.05, 3.63) is 52.8 Å². The van der Waals surface area contributed by atoms with Gasteiger partial charge in [0.15, 0.2) is 0 Å². The van der Waals surface area contributed by atoms with Crippen molar-refractivity contribution >= 4 is 16.5 Å². The minimum Gasteiger partial charge on any atom is -0.355 e. The molecule has 6 nitrogen and oxygen atoms in total. The summed E-state index contributed by atoms with van der Waals surface area (Å²) in [7, 11) is 0. The van der Waals surface area contributed by atoms with E-state index in [0.717, 1.165) is 40.9 Å². The molecule has 1 N–H and O–H groups in total. The molecular weight excluding hydrogens is 315 g/mol. The Kier molecular flexibility index (Phi) is 3.74. The van der Waals surface area contributed by atoms with Crippen molar-refractivity contribution in [1.82, 2.24) is 25.0 Å². The predicted molar refractivity (Wildman–Crippen MR) is 84.9 cm³/mol. The summed E-state index contributed by atoms with van der Waals surface area (Å²) in [6.45, 7) is 0.794. The monoisotopic (exact) mass is 330 g/mol. The first kappa shape index (κ1) is 14.3. The van der Waals surface area contributed by atoms with Gasteiger partial charge >= 0.3 is 0 Å². The number of nitrogens with one attached hydrogen (secondary N) is 1. The van der Waals surface area contributed by atoms with Gasteiger partial charge in [-0.2, -0.15) is 5.10 Å². The van der Waals surface area contributed by atoms with Gasteiger partial charge in [-0.05, 0) is 24.1 Å². The van der Waals surface area contributed by atoms with Crippen LogP contribution in [-0.2, 0) is 19.4 Å². The Morgan fingerprint density at radius 2 is 2.13 bits per heavy atom. The summed E-state index contributed by atoms with van der Waals surface area (Å²) >= 11 is 1.54. The molecule has 4 rings (SSSR count). The molecule has 23 heavy (non-hydrogen) atoms. The van der Waals surface area contributed by atoms with Crippen LogP contribution in [-0.4, -0.2) is 31.0 Å². The van der Waals surface area contributed by atoms with Crippen molar-refractivity contribution in [2.24, 2.45) is 0 Å². The van der Waals surface area contributed by atoms with E-state index in [0.29, 0.717) is 6.42 Å². The van der Waals surface area contributed by atoms with Crippen LogP contribution in [0.25, 0.3) is 0 Å². The number of hydrogen-bond donors (Lipinski definition) is 1. The van der Waals surface area contributed by atoms with E-state index in [4.69, 9.17) is 0 Å². The van der Waals surface area contributed by atoms with Crippen LogP contribution in [0, 0.1) is 5.82 Å². The van der Waals surface area contributed by atoms with Gasteiger partial charge in [0.25, 0.3) is 0 Å². The second-order valence-electron chi connectivity index (χ2n) is 5.54. The fourth-order valence-corrected chi connectivity index (χ4v) is 3.54. The van der Waals surface area contributed by atoms with Crippen LogP contribution in [0.5, 0.6) is 0 Å². The number of anilines is 1. The highest BCUT2D eigenvalue weighted by Crippen LogP contribution is 2.22. The van der Waals surface area contributed by atoms with Crippen LogP contribution in [0.1, 0.15) is 22.8 Å². The molecule has 3 aromatic rings. The zero-order chi connectivity index (χ0) is 15.6. The molecule has 1 aromatic carbocycles. The topological polar surface area (TPSA) is 68.5 Å². The molecule has 0 bridgehead atoms. The first-order valence-electron chi connectivity index (χ1n) is 7.46. The van der Waals surface area contributed by atoms with Gasteiger partial charge < -0.3 is 5.32 Å². The smallest absolute Gasteiger partial charge is 0.205 e. The van der Waals surface area contributed by atoms with Gasteiger partial charge in [-0.3, -0.25) is 0 Å². The fourth-order valence-electron chi connectivity index (χ4n) is 2.69. The van der Waals surface area contributed by atoms with Gasteiger partial charge in [0.2, 0.25) is 5.13 Å². The van der Waals surface area contributed by atoms with Gasteiger partial charge in [-0.15, -0.1) is 10.2 Å². The molecule has 8 heteroatoms. The first-order chi connectivity index (χ1) is 11.3. The molecule has 1 unspecified atom stereocenters. The van der Waals surface area contributed by atoms with E-state index in [-0.39, 0.29) is 11.9 Å². The molecule has 0 spiro atoms. The quantitative estimate of drug-likeness (QED) is 0.795. The maximum absolute atomic E-state index is 12.9. The van der Waals surface area contributed by atoms with Crippen LogP contribution in [0.15, 0.2) is 30.6 Å². The maximum Gasteiger partial charge on any atom is 0.205 e. The number of aryl methyl sites for hydroxylation is 1. The molecule has 0 saturated carbocycles. The van der Waals surface area contributed by atoms with Gasteiger partial charge in [-0.1, -0.05) is 23.5 Å². The number of hydrogen-bond acceptors (Lipinski definition) is 6. The number of benzene rings is 1. The molecule has 1 atom stereocenters. The lowest BCUT2D eigenvalue weighted by molar-refractivity contribution is 0.441. The van der Waals surface area contributed by atoms with Crippen LogP contribution < -0.4 is 5.32 Å². The van der Waals surface area contributed by atoms with Gasteiger partial charge in [0.05, 0.1) is 6.54 Å². The average Bonchev–Trinajstić information content (AvgIpc) is 3.18. The van der Waals surface area contributed by atoms with Crippen molar-refractivity contribution in [3.8, 4) is 0 Å². The van der Waals surface area contributed by atoms with E-state index in [1.165, 1.54) is 23.5 Å². The number of aromatic nitrogens is 5. The third-order valence-corrected chi connectivity index (χ3v) is 4.72. The molecule has 0 aliphatic carbocycles. The zero-order valence-electron chi connectivity index (χ0n) is 12.3. The third kappa shape index (κ3) is 3.21. The van der Waals surface area contributed by atoms with Crippen molar-refractivity contribution < 1.29 is 4.39 Å². The Balaban J connectivity index is 1.39. The summed E-state index contributed by atoms with van der Waals surface area (Å²) < 4.78 is 14.9. The maximum atomic E-state index is 12.9. The highest BCUT2D eigenvalue weighted by Gasteiger charge is 2.20. The minimum atomic E-state index is -0.224. The lowest BCUT2D eigenvalue weighted by atomic mass is 10.1. The largest absolute Gasteiger partial charge is 0.355 e. The molecule has 0 fully saturated rings. The van der Waals surface area contributed by atoms with Gasteiger partial charge in [0.1, 0.15) is 23.0 Å². The van der Waals surface area contributed by atoms with Crippen LogP contribution in [0.4, 0.5) is 9.52 Å². The Bertz CT molecular complexity index is 796. The number of nitrogens with zero attached hydrogens (tertiary/aromatic N) is 5. The highest BCUT2D eigenvalue weighted by atomic mass is 32.1. The standard InChI is InChI=1S/C15H15FN6S/c16-11-3-1-10(2-4-11)7-14-20-21-15(23-14)19-12-5-6-13-17-9-18-22(13)8-12/h1-4,9,12H,5-8H2,(H,19,21). The van der Waals surface area contributed by atoms with Crippen molar-refractivity contribution in [1.29, 1.82) is 0 Å². The average molecular weight is 330 g/mol. The van der Waals surface area contributed by atoms with E-state index in [2.05, 4.69) is 25.6 Å². The Morgan fingerprint density at radius 3 is 3.00 bits per heavy atom. The van der Waals surface area contributed by atoms with E-state index in [1.807, 2.05) is 4.68 Å². The second kappa shape index (κ2) is 6.04. The molecule has 1 aliphatic heterocycles. The van der Waals surface area contributed by atoms with Crippen LogP contribution in [0.2, 0.25) is 0 Å². The van der Waals surface area contributed by atoms with Gasteiger partial charge in [-0.25, -0.2) is 14.1 Å². The van der Waals surface area contributed by atoms with Crippen molar-refractivity contribution in [2.75, 3.05) is 5.32 Å². The predicted octanol–water partition coefficient (Wildman–Crippen LogP) is 2.29. The normalized spacial score (nSPS) is 17.0. The fraction of sp³-hybridized carbons (Fsp3) is 0.333. The summed E-state index contributed by atoms with van der Waals surface area (Å²) in [6, 6.07) is 6.77. The van der Waals surface area contributed by atoms with Crippen molar-refractivity contribution in [3.63, 3.8) is 0 Å². The summed E-state index contributed by atoms with van der Waals surface area (Å²) in [6.07, 6.45) is 4.19. The highest BCUT2D eigenvalue weighted by molar-refractivity contribution is 7.15. The van der Waals surface area contributed by atoms with Gasteiger partial charge in [0, 0.05) is 18.9 Å². The Hall–Kier alpha value is -2.35. The third-order valence-electron chi connectivity index (χ3n) is 3.87. The molecule has 118 valence electrons. The van der Waals surface area contributed by atoms with E-state index >= 15 is 0 Å². The lowest BCUT2D eigenvalue weighted by Crippen LogP contribution is -2.31. The molecule has 0 radical (unpaired) electrons. The van der Waals surface area contributed by atoms with E-state index in [1.54, 1.807) is 18.5 Å². The summed E-state index contributed by atoms with van der Waals surface area (Å²) in [5.41, 5.74) is 1.03. The van der Waals surface area contributed by atoms with Crippen LogP contribution in [0.3, 0.4) is 0 Å². The Labute approximate surface area is 136 Å². The number of halogens is 1. The Morgan fingerprint density at radius 1 is 1.26 bits per heavy atom. The molecule has 3 heterocycles. The summed E-state index contributed by atoms with van der Waals surface area (Å²) in [4.78, 5) is 4.23. The first-order valence-corrected chi connectivity index (χ1v) is 8.28. The van der Waals surface area contributed by atoms with Crippen LogP contribution >= 0.6 is 11.3 Å². The SMILES string of the molecule is Fc1ccc(Cc2nnc(NC3CCc4ncnn4C3)s2)cc1. The molecular formula is C15H15FN6S. The molecule has 2 aromatic heterocycles. The summed E-state index contributed by atoms with van der Waals surface area (Å²) in [5, 5.41) is 17.8. The molecule has 0 saturated heterocycles.